The molecule has 0 radical (unpaired) electrons. The second-order valence-corrected chi connectivity index (χ2v) is 11.2. The predicted molar refractivity (Wildman–Crippen MR) is 157 cm³/mol. The molecular formula is C31H27N3O2S2. The Hall–Kier alpha value is -3.68. The normalized spacial score (nSPS) is 17.1. The quantitative estimate of drug-likeness (QED) is 0.183. The molecule has 0 N–H and O–H groups in total. The van der Waals surface area contributed by atoms with E-state index in [1.165, 1.54) is 11.8 Å². The summed E-state index contributed by atoms with van der Waals surface area (Å²) < 4.78 is 8.60. The van der Waals surface area contributed by atoms with Crippen LogP contribution in [0.5, 0.6) is 5.75 Å². The van der Waals surface area contributed by atoms with Crippen molar-refractivity contribution in [1.29, 1.82) is 0 Å². The summed E-state index contributed by atoms with van der Waals surface area (Å²) in [7, 11) is 0. The maximum Gasteiger partial charge on any atom is 0.266 e. The number of thioether (sulfide) groups is 1. The molecule has 2 aliphatic rings. The molecule has 7 heteroatoms. The van der Waals surface area contributed by atoms with Crippen LogP contribution in [0.25, 0.3) is 23.0 Å². The zero-order chi connectivity index (χ0) is 25.9. The van der Waals surface area contributed by atoms with Crippen molar-refractivity contribution >= 4 is 40.3 Å². The summed E-state index contributed by atoms with van der Waals surface area (Å²) in [4.78, 5) is 15.9. The molecule has 38 heavy (non-hydrogen) atoms. The van der Waals surface area contributed by atoms with Crippen LogP contribution >= 0.6 is 24.0 Å². The van der Waals surface area contributed by atoms with Gasteiger partial charge in [-0.25, -0.2) is 4.68 Å². The van der Waals surface area contributed by atoms with E-state index in [4.69, 9.17) is 22.1 Å². The van der Waals surface area contributed by atoms with Crippen LogP contribution in [0.1, 0.15) is 36.8 Å². The molecule has 1 amide bonds. The average Bonchev–Trinajstić information content (AvgIpc) is 3.69. The van der Waals surface area contributed by atoms with E-state index in [0.717, 1.165) is 59.5 Å². The summed E-state index contributed by atoms with van der Waals surface area (Å²) in [5.74, 6) is 0.768. The molecule has 1 saturated carbocycles. The number of para-hydroxylation sites is 1. The molecule has 1 aliphatic heterocycles. The first-order chi connectivity index (χ1) is 18.7. The van der Waals surface area contributed by atoms with Gasteiger partial charge in [0.2, 0.25) is 0 Å². The molecule has 1 aliphatic carbocycles. The van der Waals surface area contributed by atoms with Gasteiger partial charge in [0.15, 0.2) is 0 Å². The minimum Gasteiger partial charge on any atom is -0.489 e. The molecule has 1 saturated heterocycles. The van der Waals surface area contributed by atoms with E-state index >= 15 is 0 Å². The Morgan fingerprint density at radius 1 is 0.974 bits per heavy atom. The maximum absolute atomic E-state index is 13.4. The van der Waals surface area contributed by atoms with Crippen LogP contribution in [0.2, 0.25) is 0 Å². The van der Waals surface area contributed by atoms with Gasteiger partial charge in [-0.3, -0.25) is 9.69 Å². The molecule has 3 aromatic carbocycles. The number of nitrogens with zero attached hydrogens (tertiary/aromatic N) is 3. The lowest BCUT2D eigenvalue weighted by Gasteiger charge is -2.21. The summed E-state index contributed by atoms with van der Waals surface area (Å²) in [6, 6.07) is 28.3. The number of thiocarbonyl (C=S) groups is 1. The highest BCUT2D eigenvalue weighted by atomic mass is 32.2. The van der Waals surface area contributed by atoms with Gasteiger partial charge in [-0.2, -0.15) is 5.10 Å². The fourth-order valence-electron chi connectivity index (χ4n) is 5.00. The number of carbonyl (C=O) groups is 1. The van der Waals surface area contributed by atoms with E-state index in [9.17, 15) is 4.79 Å². The third-order valence-electron chi connectivity index (χ3n) is 6.92. The second-order valence-electron chi connectivity index (χ2n) is 9.51. The van der Waals surface area contributed by atoms with Crippen molar-refractivity contribution in [3.05, 3.63) is 107 Å². The van der Waals surface area contributed by atoms with E-state index in [2.05, 4.69) is 0 Å². The molecule has 6 rings (SSSR count). The summed E-state index contributed by atoms with van der Waals surface area (Å²) >= 11 is 7.02. The molecule has 4 aromatic rings. The van der Waals surface area contributed by atoms with Crippen LogP contribution in [0.4, 0.5) is 0 Å². The molecule has 0 atom stereocenters. The highest BCUT2D eigenvalue weighted by molar-refractivity contribution is 8.26. The first kappa shape index (κ1) is 24.6. The minimum atomic E-state index is 0.00487. The van der Waals surface area contributed by atoms with Crippen molar-refractivity contribution in [2.75, 3.05) is 0 Å². The van der Waals surface area contributed by atoms with E-state index in [1.54, 1.807) is 0 Å². The summed E-state index contributed by atoms with van der Waals surface area (Å²) in [5.41, 5.74) is 4.62. The largest absolute Gasteiger partial charge is 0.489 e. The number of aromatic nitrogens is 2. The lowest BCUT2D eigenvalue weighted by atomic mass is 10.1. The van der Waals surface area contributed by atoms with Crippen molar-refractivity contribution in [3.63, 3.8) is 0 Å². The third-order valence-corrected chi connectivity index (χ3v) is 8.25. The SMILES string of the molecule is O=C1/C(=C/c2cn(-c3ccccc3)nc2-c2cccc(OCc3ccccc3)c2)SC(=S)N1C1CCCC1. The van der Waals surface area contributed by atoms with Gasteiger partial charge in [0.1, 0.15) is 22.4 Å². The molecule has 0 unspecified atom stereocenters. The fourth-order valence-corrected chi connectivity index (χ4v) is 6.39. The zero-order valence-electron chi connectivity index (χ0n) is 20.8. The first-order valence-electron chi connectivity index (χ1n) is 12.8. The van der Waals surface area contributed by atoms with Crippen molar-refractivity contribution in [2.24, 2.45) is 0 Å². The maximum atomic E-state index is 13.4. The van der Waals surface area contributed by atoms with Crippen LogP contribution < -0.4 is 4.74 Å². The monoisotopic (exact) mass is 537 g/mol. The van der Waals surface area contributed by atoms with Gasteiger partial charge in [0.25, 0.3) is 5.91 Å². The van der Waals surface area contributed by atoms with Gasteiger partial charge < -0.3 is 4.74 Å². The van der Waals surface area contributed by atoms with Crippen molar-refractivity contribution in [3.8, 4) is 22.7 Å². The van der Waals surface area contributed by atoms with Gasteiger partial charge in [0, 0.05) is 23.4 Å². The molecule has 1 aromatic heterocycles. The smallest absolute Gasteiger partial charge is 0.266 e. The lowest BCUT2D eigenvalue weighted by molar-refractivity contribution is -0.123. The standard InChI is InChI=1S/C31H27N3O2S2/c35-30-28(38-31(37)34(30)26-15-7-8-16-26)19-24-20-33(25-13-5-2-6-14-25)32-29(24)23-12-9-17-27(18-23)36-21-22-10-3-1-4-11-22/h1-6,9-14,17-20,26H,7-8,15-16,21H2/b28-19-. The lowest BCUT2D eigenvalue weighted by Crippen LogP contribution is -2.36. The summed E-state index contributed by atoms with van der Waals surface area (Å²) in [5, 5.41) is 4.94. The zero-order valence-corrected chi connectivity index (χ0v) is 22.5. The Labute approximate surface area is 232 Å². The molecule has 5 nitrogen and oxygen atoms in total. The number of hydrogen-bond donors (Lipinski definition) is 0. The van der Waals surface area contributed by atoms with Crippen molar-refractivity contribution < 1.29 is 9.53 Å². The number of benzene rings is 3. The Kier molecular flexibility index (Phi) is 7.12. The summed E-state index contributed by atoms with van der Waals surface area (Å²) in [6.07, 6.45) is 8.26. The van der Waals surface area contributed by atoms with Gasteiger partial charge in [-0.1, -0.05) is 97.5 Å². The molecule has 0 spiro atoms. The Bertz CT molecular complexity index is 1490. The van der Waals surface area contributed by atoms with Gasteiger partial charge in [-0.05, 0) is 48.7 Å². The van der Waals surface area contributed by atoms with E-state index in [0.29, 0.717) is 15.8 Å². The Morgan fingerprint density at radius 3 is 2.47 bits per heavy atom. The number of carbonyl (C=O) groups excluding carboxylic acids is 1. The molecule has 2 fully saturated rings. The van der Waals surface area contributed by atoms with E-state index in [1.807, 2.05) is 107 Å². The average molecular weight is 538 g/mol. The summed E-state index contributed by atoms with van der Waals surface area (Å²) in [6.45, 7) is 0.485. The molecule has 2 heterocycles. The highest BCUT2D eigenvalue weighted by Gasteiger charge is 2.38. The number of hydrogen-bond acceptors (Lipinski definition) is 5. The second kappa shape index (κ2) is 11.0. The number of ether oxygens (including phenoxy) is 1. The van der Waals surface area contributed by atoms with Crippen LogP contribution in [0.15, 0.2) is 96.0 Å². The minimum absolute atomic E-state index is 0.00487. The first-order valence-corrected chi connectivity index (χ1v) is 14.1. The molecular weight excluding hydrogens is 510 g/mol. The predicted octanol–water partition coefficient (Wildman–Crippen LogP) is 7.26. The Morgan fingerprint density at radius 2 is 1.71 bits per heavy atom. The van der Waals surface area contributed by atoms with Gasteiger partial charge >= 0.3 is 0 Å². The number of rotatable bonds is 7. The van der Waals surface area contributed by atoms with E-state index in [-0.39, 0.29) is 11.9 Å². The molecule has 190 valence electrons. The van der Waals surface area contributed by atoms with Gasteiger partial charge in [0.05, 0.1) is 10.6 Å². The Balaban J connectivity index is 1.35. The van der Waals surface area contributed by atoms with Crippen LogP contribution in [-0.4, -0.2) is 30.9 Å². The van der Waals surface area contributed by atoms with E-state index < -0.39 is 0 Å². The van der Waals surface area contributed by atoms with Gasteiger partial charge in [-0.15, -0.1) is 0 Å². The fraction of sp³-hybridized carbons (Fsp3) is 0.194. The highest BCUT2D eigenvalue weighted by Crippen LogP contribution is 2.39. The van der Waals surface area contributed by atoms with Crippen LogP contribution in [0.3, 0.4) is 0 Å². The van der Waals surface area contributed by atoms with Crippen molar-refractivity contribution in [2.45, 2.75) is 38.3 Å². The third kappa shape index (κ3) is 5.17. The van der Waals surface area contributed by atoms with Crippen LogP contribution in [0, 0.1) is 0 Å². The van der Waals surface area contributed by atoms with Crippen molar-refractivity contribution in [1.82, 2.24) is 14.7 Å². The number of amides is 1. The van der Waals surface area contributed by atoms with Crippen LogP contribution in [-0.2, 0) is 11.4 Å². The molecule has 0 bridgehead atoms. The topological polar surface area (TPSA) is 47.4 Å².